The van der Waals surface area contributed by atoms with Gasteiger partial charge in [-0.3, -0.25) is 0 Å². The monoisotopic (exact) mass is 235 g/mol. The van der Waals surface area contributed by atoms with E-state index in [1.807, 2.05) is 6.07 Å². The van der Waals surface area contributed by atoms with Crippen molar-refractivity contribution in [1.82, 2.24) is 5.32 Å². The third kappa shape index (κ3) is 5.52. The molecule has 1 aromatic rings. The van der Waals surface area contributed by atoms with Crippen LogP contribution in [0.25, 0.3) is 0 Å². The zero-order chi connectivity index (χ0) is 12.5. The average molecular weight is 235 g/mol. The molecule has 0 fully saturated rings. The standard InChI is InChI=1S/C12H14FN3O/c13-10-4-6-11(7-5-10)16-12(17)15-9-3-1-2-8-14/h4-7H,1-3,9H2,(H2,15,16,17). The number of nitrogens with zero attached hydrogens (tertiary/aromatic N) is 1. The molecule has 0 aromatic heterocycles. The summed E-state index contributed by atoms with van der Waals surface area (Å²) in [4.78, 5) is 11.3. The van der Waals surface area contributed by atoms with Crippen molar-refractivity contribution in [3.8, 4) is 6.07 Å². The number of nitriles is 1. The van der Waals surface area contributed by atoms with E-state index in [2.05, 4.69) is 10.6 Å². The molecular formula is C12H14FN3O. The third-order valence-corrected chi connectivity index (χ3v) is 2.10. The van der Waals surface area contributed by atoms with Gasteiger partial charge in [0.25, 0.3) is 0 Å². The minimum absolute atomic E-state index is 0.325. The van der Waals surface area contributed by atoms with Crippen LogP contribution in [0.1, 0.15) is 19.3 Å². The lowest BCUT2D eigenvalue weighted by Gasteiger charge is -2.06. The van der Waals surface area contributed by atoms with Crippen molar-refractivity contribution in [3.63, 3.8) is 0 Å². The number of hydrogen-bond acceptors (Lipinski definition) is 2. The fraction of sp³-hybridized carbons (Fsp3) is 0.333. The minimum Gasteiger partial charge on any atom is -0.338 e. The first-order chi connectivity index (χ1) is 8.22. The van der Waals surface area contributed by atoms with Gasteiger partial charge in [0.2, 0.25) is 0 Å². The van der Waals surface area contributed by atoms with Crippen molar-refractivity contribution < 1.29 is 9.18 Å². The fourth-order valence-electron chi connectivity index (χ4n) is 1.24. The molecule has 0 spiro atoms. The molecule has 0 heterocycles. The van der Waals surface area contributed by atoms with E-state index < -0.39 is 0 Å². The molecule has 17 heavy (non-hydrogen) atoms. The van der Waals surface area contributed by atoms with Crippen molar-refractivity contribution in [2.75, 3.05) is 11.9 Å². The smallest absolute Gasteiger partial charge is 0.319 e. The lowest BCUT2D eigenvalue weighted by Crippen LogP contribution is -2.29. The summed E-state index contributed by atoms with van der Waals surface area (Å²) in [7, 11) is 0. The van der Waals surface area contributed by atoms with Gasteiger partial charge in [-0.05, 0) is 37.1 Å². The molecule has 1 aromatic carbocycles. The predicted molar refractivity (Wildman–Crippen MR) is 62.9 cm³/mol. The second-order valence-electron chi connectivity index (χ2n) is 3.50. The summed E-state index contributed by atoms with van der Waals surface area (Å²) < 4.78 is 12.6. The van der Waals surface area contributed by atoms with Crippen LogP contribution in [-0.2, 0) is 0 Å². The Balaban J connectivity index is 2.21. The van der Waals surface area contributed by atoms with Gasteiger partial charge in [0.1, 0.15) is 5.82 Å². The largest absolute Gasteiger partial charge is 0.338 e. The Labute approximate surface area is 99.4 Å². The molecule has 0 aliphatic heterocycles. The van der Waals surface area contributed by atoms with Gasteiger partial charge in [0.05, 0.1) is 6.07 Å². The van der Waals surface area contributed by atoms with Gasteiger partial charge in [-0.1, -0.05) is 0 Å². The van der Waals surface area contributed by atoms with E-state index in [0.29, 0.717) is 18.7 Å². The second-order valence-corrected chi connectivity index (χ2v) is 3.50. The highest BCUT2D eigenvalue weighted by atomic mass is 19.1. The Kier molecular flexibility index (Phi) is 5.52. The van der Waals surface area contributed by atoms with E-state index in [4.69, 9.17) is 5.26 Å². The summed E-state index contributed by atoms with van der Waals surface area (Å²) in [5, 5.41) is 13.5. The van der Waals surface area contributed by atoms with Gasteiger partial charge < -0.3 is 10.6 Å². The van der Waals surface area contributed by atoms with E-state index in [1.165, 1.54) is 24.3 Å². The summed E-state index contributed by atoms with van der Waals surface area (Å²) in [5.41, 5.74) is 0.543. The Morgan fingerprint density at radius 3 is 2.65 bits per heavy atom. The van der Waals surface area contributed by atoms with Gasteiger partial charge in [0, 0.05) is 18.7 Å². The molecule has 1 rings (SSSR count). The number of anilines is 1. The lowest BCUT2D eigenvalue weighted by molar-refractivity contribution is 0.252. The van der Waals surface area contributed by atoms with E-state index in [0.717, 1.165) is 12.8 Å². The first-order valence-corrected chi connectivity index (χ1v) is 5.40. The van der Waals surface area contributed by atoms with Crippen LogP contribution in [0.15, 0.2) is 24.3 Å². The molecule has 0 saturated heterocycles. The second kappa shape index (κ2) is 7.23. The average Bonchev–Trinajstić information content (AvgIpc) is 2.32. The van der Waals surface area contributed by atoms with Gasteiger partial charge in [-0.2, -0.15) is 5.26 Å². The molecule has 90 valence electrons. The number of hydrogen-bond donors (Lipinski definition) is 2. The summed E-state index contributed by atoms with van der Waals surface area (Å²) in [5.74, 6) is -0.340. The summed E-state index contributed by atoms with van der Waals surface area (Å²) in [6.45, 7) is 0.523. The third-order valence-electron chi connectivity index (χ3n) is 2.10. The minimum atomic E-state index is -0.340. The molecule has 2 amide bonds. The molecule has 0 aliphatic rings. The van der Waals surface area contributed by atoms with Gasteiger partial charge in [-0.25, -0.2) is 9.18 Å². The van der Waals surface area contributed by atoms with Crippen molar-refractivity contribution >= 4 is 11.7 Å². The number of benzene rings is 1. The van der Waals surface area contributed by atoms with Crippen molar-refractivity contribution in [2.45, 2.75) is 19.3 Å². The zero-order valence-electron chi connectivity index (χ0n) is 9.37. The number of carbonyl (C=O) groups excluding carboxylic acids is 1. The maximum atomic E-state index is 12.6. The van der Waals surface area contributed by atoms with E-state index in [-0.39, 0.29) is 11.8 Å². The molecule has 0 bridgehead atoms. The van der Waals surface area contributed by atoms with E-state index >= 15 is 0 Å². The Morgan fingerprint density at radius 2 is 2.00 bits per heavy atom. The maximum absolute atomic E-state index is 12.6. The molecule has 0 radical (unpaired) electrons. The fourth-order valence-corrected chi connectivity index (χ4v) is 1.24. The summed E-state index contributed by atoms with van der Waals surface area (Å²) in [6, 6.07) is 7.25. The molecule has 0 saturated carbocycles. The summed E-state index contributed by atoms with van der Waals surface area (Å²) in [6.07, 6.45) is 2.04. The molecule has 0 aliphatic carbocycles. The van der Waals surface area contributed by atoms with Crippen LogP contribution in [0, 0.1) is 17.1 Å². The number of amides is 2. The van der Waals surface area contributed by atoms with Crippen molar-refractivity contribution in [1.29, 1.82) is 5.26 Å². The van der Waals surface area contributed by atoms with Gasteiger partial charge in [0.15, 0.2) is 0 Å². The highest BCUT2D eigenvalue weighted by Crippen LogP contribution is 2.07. The molecule has 5 heteroatoms. The lowest BCUT2D eigenvalue weighted by atomic mass is 10.2. The van der Waals surface area contributed by atoms with Crippen molar-refractivity contribution in [2.24, 2.45) is 0 Å². The van der Waals surface area contributed by atoms with Crippen LogP contribution in [-0.4, -0.2) is 12.6 Å². The number of unbranched alkanes of at least 4 members (excludes halogenated alkanes) is 2. The van der Waals surface area contributed by atoms with Crippen LogP contribution in [0.5, 0.6) is 0 Å². The number of rotatable bonds is 5. The Morgan fingerprint density at radius 1 is 1.29 bits per heavy atom. The zero-order valence-corrected chi connectivity index (χ0v) is 9.37. The molecule has 0 atom stereocenters. The topological polar surface area (TPSA) is 64.9 Å². The van der Waals surface area contributed by atoms with E-state index in [9.17, 15) is 9.18 Å². The number of carbonyl (C=O) groups is 1. The van der Waals surface area contributed by atoms with Crippen LogP contribution < -0.4 is 10.6 Å². The number of nitrogens with one attached hydrogen (secondary N) is 2. The molecule has 2 N–H and O–H groups in total. The quantitative estimate of drug-likeness (QED) is 0.770. The van der Waals surface area contributed by atoms with Crippen molar-refractivity contribution in [3.05, 3.63) is 30.1 Å². The van der Waals surface area contributed by atoms with Gasteiger partial charge >= 0.3 is 6.03 Å². The van der Waals surface area contributed by atoms with Crippen LogP contribution >= 0.6 is 0 Å². The normalized spacial score (nSPS) is 9.41. The number of halogens is 1. The molecular weight excluding hydrogens is 221 g/mol. The Bertz CT molecular complexity index is 397. The predicted octanol–water partition coefficient (Wildman–Crippen LogP) is 2.64. The van der Waals surface area contributed by atoms with Crippen LogP contribution in [0.4, 0.5) is 14.9 Å². The maximum Gasteiger partial charge on any atom is 0.319 e. The molecule has 0 unspecified atom stereocenters. The van der Waals surface area contributed by atoms with Crippen LogP contribution in [0.3, 0.4) is 0 Å². The summed E-state index contributed by atoms with van der Waals surface area (Å²) >= 11 is 0. The van der Waals surface area contributed by atoms with Crippen LogP contribution in [0.2, 0.25) is 0 Å². The highest BCUT2D eigenvalue weighted by molar-refractivity contribution is 5.89. The first kappa shape index (κ1) is 13.0. The highest BCUT2D eigenvalue weighted by Gasteiger charge is 2.00. The van der Waals surface area contributed by atoms with Gasteiger partial charge in [-0.15, -0.1) is 0 Å². The first-order valence-electron chi connectivity index (χ1n) is 5.40. The van der Waals surface area contributed by atoms with E-state index in [1.54, 1.807) is 0 Å². The molecule has 4 nitrogen and oxygen atoms in total. The number of urea groups is 1. The SMILES string of the molecule is N#CCCCCNC(=O)Nc1ccc(F)cc1. The Hall–Kier alpha value is -2.09.